The van der Waals surface area contributed by atoms with Crippen LogP contribution in [0, 0.1) is 0 Å². The van der Waals surface area contributed by atoms with Crippen LogP contribution in [0.15, 0.2) is 18.2 Å². The summed E-state index contributed by atoms with van der Waals surface area (Å²) in [5, 5.41) is 5.79. The van der Waals surface area contributed by atoms with E-state index in [1.807, 2.05) is 6.07 Å². The Morgan fingerprint density at radius 1 is 1.42 bits per heavy atom. The summed E-state index contributed by atoms with van der Waals surface area (Å²) in [6, 6.07) is 5.48. The van der Waals surface area contributed by atoms with Crippen LogP contribution in [0.2, 0.25) is 0 Å². The summed E-state index contributed by atoms with van der Waals surface area (Å²) in [4.78, 5) is 11.9. The molecule has 104 valence electrons. The standard InChI is InChI=1S/C12H17N3O3S/c1-13-19(17,18)7-6-15-12(16)10-3-2-9-4-5-14-11(9)8-10/h2-3,8,13-14H,4-7H2,1H3,(H,15,16). The minimum Gasteiger partial charge on any atom is -0.384 e. The highest BCUT2D eigenvalue weighted by Gasteiger charge is 2.14. The molecule has 6 nitrogen and oxygen atoms in total. The molecule has 0 spiro atoms. The lowest BCUT2D eigenvalue weighted by Gasteiger charge is -2.07. The lowest BCUT2D eigenvalue weighted by Crippen LogP contribution is -2.32. The van der Waals surface area contributed by atoms with Crippen LogP contribution in [0.3, 0.4) is 0 Å². The van der Waals surface area contributed by atoms with E-state index in [-0.39, 0.29) is 18.2 Å². The van der Waals surface area contributed by atoms with E-state index >= 15 is 0 Å². The average Bonchev–Trinajstić information content (AvgIpc) is 2.85. The van der Waals surface area contributed by atoms with Crippen molar-refractivity contribution in [1.29, 1.82) is 0 Å². The van der Waals surface area contributed by atoms with Gasteiger partial charge in [-0.05, 0) is 31.2 Å². The molecule has 0 bridgehead atoms. The molecule has 0 aliphatic carbocycles. The minimum absolute atomic E-state index is 0.0898. The third kappa shape index (κ3) is 3.45. The zero-order chi connectivity index (χ0) is 13.9. The van der Waals surface area contributed by atoms with Crippen molar-refractivity contribution in [2.75, 3.05) is 31.2 Å². The number of carbonyl (C=O) groups is 1. The monoisotopic (exact) mass is 283 g/mol. The predicted molar refractivity (Wildman–Crippen MR) is 73.8 cm³/mol. The molecule has 0 radical (unpaired) electrons. The highest BCUT2D eigenvalue weighted by Crippen LogP contribution is 2.22. The first-order valence-corrected chi connectivity index (χ1v) is 7.73. The van der Waals surface area contributed by atoms with E-state index in [1.54, 1.807) is 12.1 Å². The van der Waals surface area contributed by atoms with Gasteiger partial charge in [-0.2, -0.15) is 0 Å². The third-order valence-electron chi connectivity index (χ3n) is 3.05. The molecule has 1 aromatic rings. The lowest BCUT2D eigenvalue weighted by molar-refractivity contribution is 0.0956. The number of hydrogen-bond donors (Lipinski definition) is 3. The topological polar surface area (TPSA) is 87.3 Å². The second kappa shape index (κ2) is 5.58. The molecule has 3 N–H and O–H groups in total. The lowest BCUT2D eigenvalue weighted by atomic mass is 10.1. The predicted octanol–water partition coefficient (Wildman–Crippen LogP) is -0.0664. The zero-order valence-electron chi connectivity index (χ0n) is 10.7. The van der Waals surface area contributed by atoms with Gasteiger partial charge in [0.25, 0.3) is 5.91 Å². The van der Waals surface area contributed by atoms with Gasteiger partial charge in [-0.1, -0.05) is 6.07 Å². The van der Waals surface area contributed by atoms with Crippen molar-refractivity contribution in [1.82, 2.24) is 10.0 Å². The van der Waals surface area contributed by atoms with Gasteiger partial charge in [0, 0.05) is 24.3 Å². The maximum absolute atomic E-state index is 11.9. The van der Waals surface area contributed by atoms with Crippen LogP contribution in [0.25, 0.3) is 0 Å². The van der Waals surface area contributed by atoms with Crippen molar-refractivity contribution in [3.63, 3.8) is 0 Å². The number of anilines is 1. The molecule has 7 heteroatoms. The number of fused-ring (bicyclic) bond motifs is 1. The molecule has 19 heavy (non-hydrogen) atoms. The number of nitrogens with one attached hydrogen (secondary N) is 3. The molecule has 1 aliphatic heterocycles. The number of amides is 1. The molecule has 0 atom stereocenters. The Hall–Kier alpha value is -1.60. The highest BCUT2D eigenvalue weighted by atomic mass is 32.2. The fraction of sp³-hybridized carbons (Fsp3) is 0.417. The average molecular weight is 283 g/mol. The van der Waals surface area contributed by atoms with Crippen molar-refractivity contribution < 1.29 is 13.2 Å². The Labute approximate surface area is 112 Å². The Bertz CT molecular complexity index is 584. The van der Waals surface area contributed by atoms with Gasteiger partial charge in [-0.3, -0.25) is 4.79 Å². The minimum atomic E-state index is -3.28. The van der Waals surface area contributed by atoms with Crippen LogP contribution >= 0.6 is 0 Å². The van der Waals surface area contributed by atoms with Gasteiger partial charge in [0.05, 0.1) is 5.75 Å². The molecular formula is C12H17N3O3S. The van der Waals surface area contributed by atoms with E-state index in [2.05, 4.69) is 15.4 Å². The van der Waals surface area contributed by atoms with Gasteiger partial charge in [-0.25, -0.2) is 13.1 Å². The number of benzene rings is 1. The summed E-state index contributed by atoms with van der Waals surface area (Å²) in [5.74, 6) is -0.388. The molecule has 0 saturated heterocycles. The smallest absolute Gasteiger partial charge is 0.251 e. The first-order chi connectivity index (χ1) is 9.02. The summed E-state index contributed by atoms with van der Waals surface area (Å²) in [7, 11) is -1.93. The fourth-order valence-corrected chi connectivity index (χ4v) is 2.51. The maximum Gasteiger partial charge on any atom is 0.251 e. The Morgan fingerprint density at radius 3 is 2.95 bits per heavy atom. The summed E-state index contributed by atoms with van der Waals surface area (Å²) in [6.07, 6.45) is 0.970. The first kappa shape index (κ1) is 13.8. The number of sulfonamides is 1. The van der Waals surface area contributed by atoms with Crippen LogP contribution in [0.4, 0.5) is 5.69 Å². The largest absolute Gasteiger partial charge is 0.384 e. The van der Waals surface area contributed by atoms with Gasteiger partial charge in [0.2, 0.25) is 10.0 Å². The van der Waals surface area contributed by atoms with E-state index in [4.69, 9.17) is 0 Å². The van der Waals surface area contributed by atoms with Crippen LogP contribution < -0.4 is 15.4 Å². The SMILES string of the molecule is CNS(=O)(=O)CCNC(=O)c1ccc2c(c1)NCC2. The second-order valence-corrected chi connectivity index (χ2v) is 6.37. The van der Waals surface area contributed by atoms with Crippen LogP contribution in [0.1, 0.15) is 15.9 Å². The van der Waals surface area contributed by atoms with Gasteiger partial charge in [-0.15, -0.1) is 0 Å². The number of carbonyl (C=O) groups excluding carboxylic acids is 1. The van der Waals surface area contributed by atoms with Gasteiger partial charge < -0.3 is 10.6 Å². The molecule has 0 unspecified atom stereocenters. The number of hydrogen-bond acceptors (Lipinski definition) is 4. The summed E-state index contributed by atoms with van der Waals surface area (Å²) >= 11 is 0. The zero-order valence-corrected chi connectivity index (χ0v) is 11.5. The molecule has 1 amide bonds. The van der Waals surface area contributed by atoms with E-state index in [0.717, 1.165) is 18.7 Å². The molecule has 0 fully saturated rings. The van der Waals surface area contributed by atoms with E-state index in [9.17, 15) is 13.2 Å². The van der Waals surface area contributed by atoms with Crippen molar-refractivity contribution >= 4 is 21.6 Å². The fourth-order valence-electron chi connectivity index (χ4n) is 1.94. The molecule has 1 aromatic carbocycles. The Kier molecular flexibility index (Phi) is 4.06. The van der Waals surface area contributed by atoms with Gasteiger partial charge in [0.15, 0.2) is 0 Å². The second-order valence-electron chi connectivity index (χ2n) is 4.33. The third-order valence-corrected chi connectivity index (χ3v) is 4.41. The summed E-state index contributed by atoms with van der Waals surface area (Å²) < 4.78 is 24.6. The van der Waals surface area contributed by atoms with E-state index in [1.165, 1.54) is 12.6 Å². The van der Waals surface area contributed by atoms with Crippen LogP contribution in [0.5, 0.6) is 0 Å². The maximum atomic E-state index is 11.9. The Balaban J connectivity index is 1.94. The first-order valence-electron chi connectivity index (χ1n) is 6.08. The quantitative estimate of drug-likeness (QED) is 0.706. The molecular weight excluding hydrogens is 266 g/mol. The normalized spacial score (nSPS) is 13.7. The number of rotatable bonds is 5. The van der Waals surface area contributed by atoms with Crippen LogP contribution in [-0.2, 0) is 16.4 Å². The summed E-state index contributed by atoms with van der Waals surface area (Å²) in [6.45, 7) is 0.980. The van der Waals surface area contributed by atoms with Crippen molar-refractivity contribution in [2.24, 2.45) is 0 Å². The molecule has 0 saturated carbocycles. The molecule has 2 rings (SSSR count). The summed E-state index contributed by atoms with van der Waals surface area (Å²) in [5.41, 5.74) is 2.72. The molecule has 1 heterocycles. The van der Waals surface area contributed by atoms with Crippen molar-refractivity contribution in [2.45, 2.75) is 6.42 Å². The van der Waals surface area contributed by atoms with Crippen molar-refractivity contribution in [3.05, 3.63) is 29.3 Å². The van der Waals surface area contributed by atoms with Crippen molar-refractivity contribution in [3.8, 4) is 0 Å². The van der Waals surface area contributed by atoms with E-state index in [0.29, 0.717) is 5.56 Å². The van der Waals surface area contributed by atoms with Crippen LogP contribution in [-0.4, -0.2) is 40.2 Å². The molecule has 1 aliphatic rings. The van der Waals surface area contributed by atoms with E-state index < -0.39 is 10.0 Å². The van der Waals surface area contributed by atoms with Gasteiger partial charge in [0.1, 0.15) is 0 Å². The highest BCUT2D eigenvalue weighted by molar-refractivity contribution is 7.89. The van der Waals surface area contributed by atoms with Gasteiger partial charge >= 0.3 is 0 Å². The molecule has 0 aromatic heterocycles. The Morgan fingerprint density at radius 2 is 2.21 bits per heavy atom.